The van der Waals surface area contributed by atoms with E-state index in [4.69, 9.17) is 4.42 Å². The van der Waals surface area contributed by atoms with E-state index in [9.17, 15) is 14.3 Å². The van der Waals surface area contributed by atoms with Crippen LogP contribution in [0.3, 0.4) is 0 Å². The predicted octanol–water partition coefficient (Wildman–Crippen LogP) is 2.61. The van der Waals surface area contributed by atoms with Crippen LogP contribution in [0.2, 0.25) is 0 Å². The van der Waals surface area contributed by atoms with E-state index in [0.717, 1.165) is 12.8 Å². The van der Waals surface area contributed by atoms with E-state index in [1.165, 1.54) is 18.2 Å². The van der Waals surface area contributed by atoms with Gasteiger partial charge in [-0.2, -0.15) is 0 Å². The van der Waals surface area contributed by atoms with Gasteiger partial charge in [0.25, 0.3) is 5.91 Å². The Morgan fingerprint density at radius 2 is 2.00 bits per heavy atom. The van der Waals surface area contributed by atoms with Crippen LogP contribution in [0, 0.1) is 5.82 Å². The molecule has 0 bridgehead atoms. The van der Waals surface area contributed by atoms with Crippen molar-refractivity contribution in [1.29, 1.82) is 0 Å². The van der Waals surface area contributed by atoms with Crippen LogP contribution in [0.5, 0.6) is 0 Å². The van der Waals surface area contributed by atoms with Gasteiger partial charge in [0, 0.05) is 11.4 Å². The summed E-state index contributed by atoms with van der Waals surface area (Å²) in [5.74, 6) is -0.453. The Morgan fingerprint density at radius 3 is 2.75 bits per heavy atom. The number of aliphatic hydroxyl groups excluding tert-OH is 1. The number of fused-ring (bicyclic) bond motifs is 1. The highest BCUT2D eigenvalue weighted by Gasteiger charge is 2.22. The second kappa shape index (κ2) is 5.25. The van der Waals surface area contributed by atoms with Crippen LogP contribution < -0.4 is 5.32 Å². The van der Waals surface area contributed by atoms with Gasteiger partial charge in [-0.05, 0) is 49.9 Å². The maximum atomic E-state index is 13.1. The smallest absolute Gasteiger partial charge is 0.287 e. The zero-order valence-corrected chi connectivity index (χ0v) is 10.9. The molecule has 2 aromatic rings. The lowest BCUT2D eigenvalue weighted by atomic mass is 9.93. The van der Waals surface area contributed by atoms with Gasteiger partial charge in [-0.1, -0.05) is 0 Å². The van der Waals surface area contributed by atoms with Gasteiger partial charge in [0.2, 0.25) is 0 Å². The SMILES string of the molecule is O=C(NC1CCC(O)CC1)c1cc2cc(F)ccc2o1. The Hall–Kier alpha value is -1.88. The Bertz CT molecular complexity index is 629. The standard InChI is InChI=1S/C15H16FNO3/c16-10-1-6-13-9(7-10)8-14(20-13)15(19)17-11-2-4-12(18)5-3-11/h1,6-8,11-12,18H,2-5H2,(H,17,19). The monoisotopic (exact) mass is 277 g/mol. The fraction of sp³-hybridized carbons (Fsp3) is 0.400. The fourth-order valence-electron chi connectivity index (χ4n) is 2.60. The van der Waals surface area contributed by atoms with Crippen molar-refractivity contribution in [3.63, 3.8) is 0 Å². The average molecular weight is 277 g/mol. The molecular weight excluding hydrogens is 261 g/mol. The van der Waals surface area contributed by atoms with Crippen molar-refractivity contribution in [3.05, 3.63) is 35.8 Å². The zero-order chi connectivity index (χ0) is 14.1. The predicted molar refractivity (Wildman–Crippen MR) is 71.9 cm³/mol. The number of hydrogen-bond acceptors (Lipinski definition) is 3. The summed E-state index contributed by atoms with van der Waals surface area (Å²) in [6.07, 6.45) is 2.69. The van der Waals surface area contributed by atoms with Crippen LogP contribution >= 0.6 is 0 Å². The summed E-state index contributed by atoms with van der Waals surface area (Å²) < 4.78 is 18.5. The first-order chi connectivity index (χ1) is 9.61. The number of hydrogen-bond donors (Lipinski definition) is 2. The van der Waals surface area contributed by atoms with E-state index in [0.29, 0.717) is 23.8 Å². The Kier molecular flexibility index (Phi) is 3.44. The third kappa shape index (κ3) is 2.67. The minimum atomic E-state index is -0.355. The molecule has 1 aliphatic rings. The van der Waals surface area contributed by atoms with E-state index in [1.54, 1.807) is 6.07 Å². The first kappa shape index (κ1) is 13.1. The summed E-state index contributed by atoms with van der Waals surface area (Å²) in [6.45, 7) is 0. The number of aliphatic hydroxyl groups is 1. The molecule has 2 N–H and O–H groups in total. The molecule has 1 aromatic carbocycles. The molecule has 1 saturated carbocycles. The van der Waals surface area contributed by atoms with Crippen molar-refractivity contribution >= 4 is 16.9 Å². The molecule has 0 aliphatic heterocycles. The third-order valence-electron chi connectivity index (χ3n) is 3.73. The van der Waals surface area contributed by atoms with Crippen molar-refractivity contribution in [2.75, 3.05) is 0 Å². The molecule has 0 atom stereocenters. The van der Waals surface area contributed by atoms with E-state index >= 15 is 0 Å². The minimum Gasteiger partial charge on any atom is -0.451 e. The van der Waals surface area contributed by atoms with Crippen molar-refractivity contribution in [3.8, 4) is 0 Å². The number of carbonyl (C=O) groups is 1. The van der Waals surface area contributed by atoms with Gasteiger partial charge in [0.15, 0.2) is 5.76 Å². The Morgan fingerprint density at radius 1 is 1.25 bits per heavy atom. The van der Waals surface area contributed by atoms with Crippen LogP contribution in [-0.4, -0.2) is 23.2 Å². The third-order valence-corrected chi connectivity index (χ3v) is 3.73. The lowest BCUT2D eigenvalue weighted by Gasteiger charge is -2.25. The lowest BCUT2D eigenvalue weighted by molar-refractivity contribution is 0.0845. The number of rotatable bonds is 2. The summed E-state index contributed by atoms with van der Waals surface area (Å²) in [4.78, 5) is 12.1. The normalized spacial score (nSPS) is 22.9. The molecule has 3 rings (SSSR count). The number of carbonyl (C=O) groups excluding carboxylic acids is 1. The molecule has 1 fully saturated rings. The average Bonchev–Trinajstić information content (AvgIpc) is 2.84. The first-order valence-electron chi connectivity index (χ1n) is 6.80. The van der Waals surface area contributed by atoms with Gasteiger partial charge >= 0.3 is 0 Å². The summed E-state index contributed by atoms with van der Waals surface area (Å²) in [7, 11) is 0. The molecule has 0 saturated heterocycles. The molecule has 4 nitrogen and oxygen atoms in total. The van der Waals surface area contributed by atoms with Crippen LogP contribution in [0.15, 0.2) is 28.7 Å². The second-order valence-electron chi connectivity index (χ2n) is 5.27. The number of furan rings is 1. The van der Waals surface area contributed by atoms with Crippen molar-refractivity contribution in [2.45, 2.75) is 37.8 Å². The lowest BCUT2D eigenvalue weighted by Crippen LogP contribution is -2.38. The molecule has 0 spiro atoms. The van der Waals surface area contributed by atoms with Crippen molar-refractivity contribution in [2.24, 2.45) is 0 Å². The van der Waals surface area contributed by atoms with Gasteiger partial charge in [-0.3, -0.25) is 4.79 Å². The maximum absolute atomic E-state index is 13.1. The maximum Gasteiger partial charge on any atom is 0.287 e. The van der Waals surface area contributed by atoms with E-state index in [-0.39, 0.29) is 29.6 Å². The topological polar surface area (TPSA) is 62.5 Å². The number of halogens is 1. The number of amides is 1. The molecule has 1 amide bonds. The van der Waals surface area contributed by atoms with Gasteiger partial charge in [0.05, 0.1) is 6.10 Å². The molecule has 1 aliphatic carbocycles. The molecule has 20 heavy (non-hydrogen) atoms. The fourth-order valence-corrected chi connectivity index (χ4v) is 2.60. The molecule has 1 aromatic heterocycles. The van der Waals surface area contributed by atoms with Gasteiger partial charge in [-0.25, -0.2) is 4.39 Å². The highest BCUT2D eigenvalue weighted by atomic mass is 19.1. The van der Waals surface area contributed by atoms with Crippen molar-refractivity contribution in [1.82, 2.24) is 5.32 Å². The van der Waals surface area contributed by atoms with E-state index in [1.807, 2.05) is 0 Å². The van der Waals surface area contributed by atoms with Crippen molar-refractivity contribution < 1.29 is 18.7 Å². The molecule has 0 radical (unpaired) electrons. The Labute approximate surface area is 115 Å². The quantitative estimate of drug-likeness (QED) is 0.887. The number of nitrogens with one attached hydrogen (secondary N) is 1. The molecular formula is C15H16FNO3. The summed E-state index contributed by atoms with van der Waals surface area (Å²) in [5, 5.41) is 12.9. The molecule has 1 heterocycles. The second-order valence-corrected chi connectivity index (χ2v) is 5.27. The van der Waals surface area contributed by atoms with Crippen LogP contribution in [0.25, 0.3) is 11.0 Å². The van der Waals surface area contributed by atoms with Crippen LogP contribution in [0.4, 0.5) is 4.39 Å². The van der Waals surface area contributed by atoms with Crippen LogP contribution in [0.1, 0.15) is 36.2 Å². The van der Waals surface area contributed by atoms with Gasteiger partial charge < -0.3 is 14.8 Å². The minimum absolute atomic E-state index is 0.0656. The number of benzene rings is 1. The van der Waals surface area contributed by atoms with E-state index in [2.05, 4.69) is 5.32 Å². The van der Waals surface area contributed by atoms with Gasteiger partial charge in [-0.15, -0.1) is 0 Å². The zero-order valence-electron chi connectivity index (χ0n) is 10.9. The largest absolute Gasteiger partial charge is 0.451 e. The molecule has 106 valence electrons. The first-order valence-corrected chi connectivity index (χ1v) is 6.80. The summed E-state index contributed by atoms with van der Waals surface area (Å²) in [5.41, 5.74) is 0.496. The van der Waals surface area contributed by atoms with Crippen LogP contribution in [-0.2, 0) is 0 Å². The van der Waals surface area contributed by atoms with E-state index < -0.39 is 0 Å². The molecule has 0 unspecified atom stereocenters. The highest BCUT2D eigenvalue weighted by molar-refractivity contribution is 5.96. The molecule has 5 heteroatoms. The summed E-state index contributed by atoms with van der Waals surface area (Å²) >= 11 is 0. The summed E-state index contributed by atoms with van der Waals surface area (Å²) in [6, 6.07) is 5.77. The van der Waals surface area contributed by atoms with Gasteiger partial charge in [0.1, 0.15) is 11.4 Å². The highest BCUT2D eigenvalue weighted by Crippen LogP contribution is 2.22. The Balaban J connectivity index is 1.72.